The molecular formula is C4H7O3P. The maximum atomic E-state index is 10.2. The Morgan fingerprint density at radius 3 is 2.75 bits per heavy atom. The highest BCUT2D eigenvalue weighted by molar-refractivity contribution is 7.10. The zero-order valence-electron chi connectivity index (χ0n) is 4.29. The van der Waals surface area contributed by atoms with Crippen molar-refractivity contribution < 1.29 is 14.1 Å². The quantitative estimate of drug-likeness (QED) is 0.411. The average Bonchev–Trinajstić information content (AvgIpc) is 1.83. The van der Waals surface area contributed by atoms with Gasteiger partial charge in [0.25, 0.3) is 0 Å². The smallest absolute Gasteiger partial charge is 0.308 e. The molecule has 0 rings (SSSR count). The number of carbonyl (C=O) groups is 2. The lowest BCUT2D eigenvalue weighted by Crippen LogP contribution is -1.95. The minimum Gasteiger partial charge on any atom is -0.451 e. The molecule has 3 nitrogen and oxygen atoms in total. The van der Waals surface area contributed by atoms with Crippen LogP contribution in [-0.4, -0.2) is 12.3 Å². The van der Waals surface area contributed by atoms with Gasteiger partial charge in [0, 0.05) is 6.42 Å². The molecule has 0 bridgehead atoms. The van der Waals surface area contributed by atoms with E-state index in [0.29, 0.717) is 6.29 Å². The van der Waals surface area contributed by atoms with Crippen LogP contribution >= 0.6 is 9.47 Å². The molecule has 0 aromatic carbocycles. The number of rotatable bonds is 3. The summed E-state index contributed by atoms with van der Waals surface area (Å²) in [7, 11) is 1.82. The monoisotopic (exact) mass is 134 g/mol. The third-order valence-corrected chi connectivity index (χ3v) is 0.861. The van der Waals surface area contributed by atoms with Gasteiger partial charge in [-0.1, -0.05) is 0 Å². The second-order valence-electron chi connectivity index (χ2n) is 1.20. The Bertz CT molecular complexity index is 91.3. The summed E-state index contributed by atoms with van der Waals surface area (Å²) in [5.41, 5.74) is 0. The van der Waals surface area contributed by atoms with Crippen LogP contribution in [0.15, 0.2) is 0 Å². The number of carbonyl (C=O) groups excluding carboxylic acids is 2. The van der Waals surface area contributed by atoms with E-state index in [1.807, 2.05) is 9.47 Å². The van der Waals surface area contributed by atoms with E-state index in [1.165, 1.54) is 0 Å². The standard InChI is InChI=1S/C4H7O3P/c5-3-1-2-4(6)7-8/h3H,1-2,8H2. The van der Waals surface area contributed by atoms with Gasteiger partial charge in [-0.3, -0.25) is 4.79 Å². The normalized spacial score (nSPS) is 8.12. The van der Waals surface area contributed by atoms with E-state index in [0.717, 1.165) is 0 Å². The highest BCUT2D eigenvalue weighted by atomic mass is 31.0. The molecule has 1 unspecified atom stereocenters. The van der Waals surface area contributed by atoms with E-state index >= 15 is 0 Å². The van der Waals surface area contributed by atoms with Gasteiger partial charge in [0.05, 0.1) is 15.9 Å². The topological polar surface area (TPSA) is 43.4 Å². The summed E-state index contributed by atoms with van der Waals surface area (Å²) in [6.07, 6.45) is 1.10. The molecule has 0 heterocycles. The van der Waals surface area contributed by atoms with Crippen molar-refractivity contribution in [2.45, 2.75) is 12.8 Å². The van der Waals surface area contributed by atoms with Crippen molar-refractivity contribution >= 4 is 21.7 Å². The molecule has 8 heavy (non-hydrogen) atoms. The van der Waals surface area contributed by atoms with Crippen LogP contribution in [0.5, 0.6) is 0 Å². The van der Waals surface area contributed by atoms with Crippen LogP contribution in [0.4, 0.5) is 0 Å². The third kappa shape index (κ3) is 3.75. The van der Waals surface area contributed by atoms with E-state index in [2.05, 4.69) is 4.52 Å². The lowest BCUT2D eigenvalue weighted by atomic mass is 10.3. The number of hydrogen-bond donors (Lipinski definition) is 0. The van der Waals surface area contributed by atoms with Crippen LogP contribution in [0.25, 0.3) is 0 Å². The van der Waals surface area contributed by atoms with Crippen molar-refractivity contribution in [3.05, 3.63) is 0 Å². The summed E-state index contributed by atoms with van der Waals surface area (Å²) in [5, 5.41) is 0. The van der Waals surface area contributed by atoms with E-state index in [-0.39, 0.29) is 18.8 Å². The summed E-state index contributed by atoms with van der Waals surface area (Å²) >= 11 is 0. The molecule has 0 spiro atoms. The maximum Gasteiger partial charge on any atom is 0.308 e. The van der Waals surface area contributed by atoms with Crippen molar-refractivity contribution in [1.29, 1.82) is 0 Å². The average molecular weight is 134 g/mol. The fourth-order valence-electron chi connectivity index (χ4n) is 0.236. The predicted molar refractivity (Wildman–Crippen MR) is 31.1 cm³/mol. The van der Waals surface area contributed by atoms with Crippen LogP contribution in [0.2, 0.25) is 0 Å². The summed E-state index contributed by atoms with van der Waals surface area (Å²) in [5.74, 6) is -0.373. The number of hydrogen-bond acceptors (Lipinski definition) is 3. The van der Waals surface area contributed by atoms with Gasteiger partial charge in [-0.25, -0.2) is 0 Å². The van der Waals surface area contributed by atoms with Gasteiger partial charge in [0.2, 0.25) is 0 Å². The predicted octanol–water partition coefficient (Wildman–Crippen LogP) is 0.299. The lowest BCUT2D eigenvalue weighted by molar-refractivity contribution is -0.134. The first-order valence-corrected chi connectivity index (χ1v) is 2.61. The fraction of sp³-hybridized carbons (Fsp3) is 0.500. The van der Waals surface area contributed by atoms with Gasteiger partial charge in [-0.15, -0.1) is 0 Å². The molecule has 0 amide bonds. The second kappa shape index (κ2) is 4.72. The van der Waals surface area contributed by atoms with Crippen LogP contribution in [0, 0.1) is 0 Å². The largest absolute Gasteiger partial charge is 0.451 e. The minimum atomic E-state index is -0.373. The molecular weight excluding hydrogens is 127 g/mol. The Hall–Kier alpha value is -0.430. The molecule has 0 fully saturated rings. The van der Waals surface area contributed by atoms with Gasteiger partial charge in [-0.2, -0.15) is 0 Å². The first-order valence-electron chi connectivity index (χ1n) is 2.14. The Morgan fingerprint density at radius 1 is 1.75 bits per heavy atom. The van der Waals surface area contributed by atoms with Crippen molar-refractivity contribution in [2.75, 3.05) is 0 Å². The summed E-state index contributed by atoms with van der Waals surface area (Å²) < 4.78 is 4.17. The Labute approximate surface area is 49.7 Å². The molecule has 0 saturated carbocycles. The minimum absolute atomic E-state index is 0.174. The van der Waals surface area contributed by atoms with E-state index in [1.54, 1.807) is 0 Å². The molecule has 1 atom stereocenters. The van der Waals surface area contributed by atoms with Gasteiger partial charge in [-0.05, 0) is 0 Å². The van der Waals surface area contributed by atoms with Gasteiger partial charge in [0.1, 0.15) is 6.29 Å². The Balaban J connectivity index is 3.11. The molecule has 0 saturated heterocycles. The molecule has 0 aliphatic carbocycles. The van der Waals surface area contributed by atoms with Crippen molar-refractivity contribution in [2.24, 2.45) is 0 Å². The highest BCUT2D eigenvalue weighted by Crippen LogP contribution is 1.93. The van der Waals surface area contributed by atoms with E-state index < -0.39 is 0 Å². The Kier molecular flexibility index (Phi) is 4.47. The molecule has 0 radical (unpaired) electrons. The zero-order chi connectivity index (χ0) is 6.41. The summed E-state index contributed by atoms with van der Waals surface area (Å²) in [6.45, 7) is 0. The molecule has 0 aromatic heterocycles. The maximum absolute atomic E-state index is 10.2. The third-order valence-electron chi connectivity index (χ3n) is 0.598. The van der Waals surface area contributed by atoms with Crippen LogP contribution in [0.3, 0.4) is 0 Å². The van der Waals surface area contributed by atoms with Crippen LogP contribution in [-0.2, 0) is 14.1 Å². The molecule has 0 aliphatic rings. The van der Waals surface area contributed by atoms with E-state index in [4.69, 9.17) is 0 Å². The molecule has 0 N–H and O–H groups in total. The van der Waals surface area contributed by atoms with E-state index in [9.17, 15) is 9.59 Å². The SMILES string of the molecule is O=CCCC(=O)OP. The van der Waals surface area contributed by atoms with Gasteiger partial charge < -0.3 is 9.32 Å². The molecule has 0 aromatic rings. The number of aldehydes is 1. The fourth-order valence-corrected chi connectivity index (χ4v) is 0.354. The Morgan fingerprint density at radius 2 is 2.38 bits per heavy atom. The van der Waals surface area contributed by atoms with Crippen molar-refractivity contribution in [1.82, 2.24) is 0 Å². The summed E-state index contributed by atoms with van der Waals surface area (Å²) in [4.78, 5) is 19.8. The molecule has 46 valence electrons. The first kappa shape index (κ1) is 7.57. The highest BCUT2D eigenvalue weighted by Gasteiger charge is 1.95. The lowest BCUT2D eigenvalue weighted by Gasteiger charge is -1.90. The second-order valence-corrected chi connectivity index (χ2v) is 1.43. The van der Waals surface area contributed by atoms with Crippen molar-refractivity contribution in [3.63, 3.8) is 0 Å². The zero-order valence-corrected chi connectivity index (χ0v) is 5.45. The first-order chi connectivity index (χ1) is 3.81. The van der Waals surface area contributed by atoms with Crippen LogP contribution in [0.1, 0.15) is 12.8 Å². The van der Waals surface area contributed by atoms with Crippen molar-refractivity contribution in [3.8, 4) is 0 Å². The van der Waals surface area contributed by atoms with Crippen LogP contribution < -0.4 is 0 Å². The molecule has 0 aliphatic heterocycles. The van der Waals surface area contributed by atoms with Gasteiger partial charge in [0.15, 0.2) is 0 Å². The van der Waals surface area contributed by atoms with Gasteiger partial charge >= 0.3 is 5.97 Å². The molecule has 4 heteroatoms. The summed E-state index contributed by atoms with van der Waals surface area (Å²) in [6, 6.07) is 0.